The molecule has 0 spiro atoms. The van der Waals surface area contributed by atoms with Crippen LogP contribution in [-0.2, 0) is 4.79 Å². The van der Waals surface area contributed by atoms with Crippen molar-refractivity contribution in [2.24, 2.45) is 0 Å². The molecule has 6 nitrogen and oxygen atoms in total. The first-order valence-corrected chi connectivity index (χ1v) is 8.89. The van der Waals surface area contributed by atoms with E-state index in [2.05, 4.69) is 17.1 Å². The molecule has 2 heterocycles. The van der Waals surface area contributed by atoms with Crippen LogP contribution in [0.4, 0.5) is 11.4 Å². The molecule has 1 N–H and O–H groups in total. The summed E-state index contributed by atoms with van der Waals surface area (Å²) in [5.41, 5.74) is 1.65. The minimum atomic E-state index is -0.0805. The summed E-state index contributed by atoms with van der Waals surface area (Å²) < 4.78 is 17.0. The molecule has 2 aliphatic heterocycles. The van der Waals surface area contributed by atoms with Gasteiger partial charge in [0.1, 0.15) is 12.4 Å². The number of rotatable bonds is 3. The lowest BCUT2D eigenvalue weighted by molar-refractivity contribution is -0.115. The van der Waals surface area contributed by atoms with Crippen LogP contribution in [0.3, 0.4) is 0 Å². The Morgan fingerprint density at radius 2 is 1.88 bits per heavy atom. The van der Waals surface area contributed by atoms with Crippen molar-refractivity contribution < 1.29 is 19.0 Å². The van der Waals surface area contributed by atoms with Crippen molar-refractivity contribution in [2.45, 2.75) is 19.4 Å². The Labute approximate surface area is 152 Å². The van der Waals surface area contributed by atoms with Crippen molar-refractivity contribution in [2.75, 3.05) is 36.6 Å². The number of nitrogens with one attached hydrogen (secondary N) is 1. The molecular weight excluding hydrogens is 332 g/mol. The quantitative estimate of drug-likeness (QED) is 0.918. The lowest BCUT2D eigenvalue weighted by atomic mass is 10.1. The molecule has 0 bridgehead atoms. The van der Waals surface area contributed by atoms with E-state index in [1.165, 1.54) is 0 Å². The van der Waals surface area contributed by atoms with Gasteiger partial charge in [0, 0.05) is 18.2 Å². The second kappa shape index (κ2) is 7.15. The first-order valence-electron chi connectivity index (χ1n) is 8.89. The number of hydrogen-bond acceptors (Lipinski definition) is 5. The first kappa shape index (κ1) is 16.6. The second-order valence-electron chi connectivity index (χ2n) is 6.52. The molecule has 6 heteroatoms. The standard InChI is InChI=1S/C20H22N2O4/c1-14-13-26-17-6-3-2-5-16(17)22(14)12-20(23)21-15-7-8-18-19(11-15)25-10-4-9-24-18/h2-3,5-8,11,14H,4,9-10,12-13H2,1H3,(H,21,23). The third-order valence-electron chi connectivity index (χ3n) is 4.53. The molecule has 26 heavy (non-hydrogen) atoms. The van der Waals surface area contributed by atoms with E-state index in [1.807, 2.05) is 42.5 Å². The van der Waals surface area contributed by atoms with Gasteiger partial charge in [0.05, 0.1) is 31.5 Å². The molecule has 136 valence electrons. The number of para-hydroxylation sites is 2. The van der Waals surface area contributed by atoms with Gasteiger partial charge in [0.2, 0.25) is 5.91 Å². The van der Waals surface area contributed by atoms with Gasteiger partial charge in [-0.1, -0.05) is 12.1 Å². The summed E-state index contributed by atoms with van der Waals surface area (Å²) in [6.07, 6.45) is 0.852. The summed E-state index contributed by atoms with van der Waals surface area (Å²) in [5.74, 6) is 2.12. The van der Waals surface area contributed by atoms with Crippen LogP contribution in [0.15, 0.2) is 42.5 Å². The number of ether oxygens (including phenoxy) is 3. The molecule has 0 saturated heterocycles. The van der Waals surface area contributed by atoms with E-state index in [9.17, 15) is 4.79 Å². The largest absolute Gasteiger partial charge is 0.490 e. The van der Waals surface area contributed by atoms with Crippen molar-refractivity contribution in [1.82, 2.24) is 0 Å². The van der Waals surface area contributed by atoms with Crippen LogP contribution in [0.5, 0.6) is 17.2 Å². The van der Waals surface area contributed by atoms with Gasteiger partial charge in [-0.2, -0.15) is 0 Å². The first-order chi connectivity index (χ1) is 12.7. The van der Waals surface area contributed by atoms with Crippen molar-refractivity contribution in [3.05, 3.63) is 42.5 Å². The Balaban J connectivity index is 1.47. The maximum absolute atomic E-state index is 12.6. The van der Waals surface area contributed by atoms with Crippen LogP contribution < -0.4 is 24.4 Å². The van der Waals surface area contributed by atoms with Gasteiger partial charge in [-0.05, 0) is 31.2 Å². The van der Waals surface area contributed by atoms with Crippen LogP contribution >= 0.6 is 0 Å². The number of fused-ring (bicyclic) bond motifs is 2. The topological polar surface area (TPSA) is 60.0 Å². The molecule has 2 aromatic rings. The highest BCUT2D eigenvalue weighted by Gasteiger charge is 2.25. The molecule has 4 rings (SSSR count). The summed E-state index contributed by atoms with van der Waals surface area (Å²) >= 11 is 0. The van der Waals surface area contributed by atoms with Crippen LogP contribution in [0, 0.1) is 0 Å². The lowest BCUT2D eigenvalue weighted by Gasteiger charge is -2.36. The predicted octanol–water partition coefficient (Wildman–Crippen LogP) is 3.07. The number of nitrogens with zero attached hydrogens (tertiary/aromatic N) is 1. The maximum Gasteiger partial charge on any atom is 0.243 e. The summed E-state index contributed by atoms with van der Waals surface area (Å²) in [6.45, 7) is 4.14. The Morgan fingerprint density at radius 3 is 2.77 bits per heavy atom. The summed E-state index contributed by atoms with van der Waals surface area (Å²) in [6, 6.07) is 13.4. The lowest BCUT2D eigenvalue weighted by Crippen LogP contribution is -2.45. The van der Waals surface area contributed by atoms with E-state index in [0.29, 0.717) is 31.3 Å². The summed E-state index contributed by atoms with van der Waals surface area (Å²) in [7, 11) is 0. The summed E-state index contributed by atoms with van der Waals surface area (Å²) in [4.78, 5) is 14.7. The molecule has 2 aliphatic rings. The molecule has 1 atom stereocenters. The fourth-order valence-corrected chi connectivity index (χ4v) is 3.19. The maximum atomic E-state index is 12.6. The van der Waals surface area contributed by atoms with E-state index >= 15 is 0 Å². The molecule has 0 radical (unpaired) electrons. The molecule has 2 aromatic carbocycles. The molecule has 0 aliphatic carbocycles. The van der Waals surface area contributed by atoms with Gasteiger partial charge in [-0.15, -0.1) is 0 Å². The Morgan fingerprint density at radius 1 is 1.08 bits per heavy atom. The Hall–Kier alpha value is -2.89. The van der Waals surface area contributed by atoms with E-state index in [-0.39, 0.29) is 18.5 Å². The number of anilines is 2. The molecule has 1 unspecified atom stereocenters. The third-order valence-corrected chi connectivity index (χ3v) is 4.53. The highest BCUT2D eigenvalue weighted by atomic mass is 16.5. The second-order valence-corrected chi connectivity index (χ2v) is 6.52. The van der Waals surface area contributed by atoms with Crippen LogP contribution in [0.25, 0.3) is 0 Å². The summed E-state index contributed by atoms with van der Waals surface area (Å²) in [5, 5.41) is 2.95. The highest BCUT2D eigenvalue weighted by Crippen LogP contribution is 2.34. The number of carbonyl (C=O) groups excluding carboxylic acids is 1. The molecule has 0 aromatic heterocycles. The smallest absolute Gasteiger partial charge is 0.243 e. The molecule has 0 fully saturated rings. The van der Waals surface area contributed by atoms with E-state index in [0.717, 1.165) is 23.6 Å². The van der Waals surface area contributed by atoms with Gasteiger partial charge in [-0.25, -0.2) is 0 Å². The van der Waals surface area contributed by atoms with Gasteiger partial charge in [-0.3, -0.25) is 4.79 Å². The van der Waals surface area contributed by atoms with Crippen molar-refractivity contribution >= 4 is 17.3 Å². The van der Waals surface area contributed by atoms with Gasteiger partial charge in [0.25, 0.3) is 0 Å². The van der Waals surface area contributed by atoms with Gasteiger partial charge >= 0.3 is 0 Å². The number of amides is 1. The Kier molecular flexibility index (Phi) is 4.56. The fraction of sp³-hybridized carbons (Fsp3) is 0.350. The minimum absolute atomic E-state index is 0.0805. The van der Waals surface area contributed by atoms with Crippen LogP contribution in [-0.4, -0.2) is 38.3 Å². The third kappa shape index (κ3) is 3.40. The van der Waals surface area contributed by atoms with Crippen LogP contribution in [0.2, 0.25) is 0 Å². The van der Waals surface area contributed by atoms with E-state index in [1.54, 1.807) is 0 Å². The zero-order valence-corrected chi connectivity index (χ0v) is 14.7. The molecular formula is C20H22N2O4. The van der Waals surface area contributed by atoms with Crippen molar-refractivity contribution in [3.8, 4) is 17.2 Å². The monoisotopic (exact) mass is 354 g/mol. The van der Waals surface area contributed by atoms with E-state index in [4.69, 9.17) is 14.2 Å². The number of hydrogen-bond donors (Lipinski definition) is 1. The zero-order valence-electron chi connectivity index (χ0n) is 14.7. The van der Waals surface area contributed by atoms with Crippen molar-refractivity contribution in [3.63, 3.8) is 0 Å². The fourth-order valence-electron chi connectivity index (χ4n) is 3.19. The average Bonchev–Trinajstić information content (AvgIpc) is 2.89. The van der Waals surface area contributed by atoms with Crippen LogP contribution in [0.1, 0.15) is 13.3 Å². The number of carbonyl (C=O) groups is 1. The van der Waals surface area contributed by atoms with Gasteiger partial charge < -0.3 is 24.4 Å². The molecule has 1 amide bonds. The SMILES string of the molecule is CC1COc2ccccc2N1CC(=O)Nc1ccc2c(c1)OCCCO2. The highest BCUT2D eigenvalue weighted by molar-refractivity contribution is 5.94. The normalized spacial score (nSPS) is 18.3. The van der Waals surface area contributed by atoms with E-state index < -0.39 is 0 Å². The minimum Gasteiger partial charge on any atom is -0.490 e. The zero-order chi connectivity index (χ0) is 17.9. The van der Waals surface area contributed by atoms with Gasteiger partial charge in [0.15, 0.2) is 11.5 Å². The predicted molar refractivity (Wildman–Crippen MR) is 99.4 cm³/mol. The van der Waals surface area contributed by atoms with Crippen molar-refractivity contribution in [1.29, 1.82) is 0 Å². The Bertz CT molecular complexity index is 808. The average molecular weight is 354 g/mol. The number of benzene rings is 2. The molecule has 0 saturated carbocycles.